The first kappa shape index (κ1) is 17.7. The second-order valence-corrected chi connectivity index (χ2v) is 7.19. The van der Waals surface area contributed by atoms with Crippen LogP contribution >= 0.6 is 11.3 Å². The van der Waals surface area contributed by atoms with Crippen molar-refractivity contribution < 1.29 is 9.59 Å². The molecule has 7 heteroatoms. The fourth-order valence-corrected chi connectivity index (χ4v) is 3.43. The van der Waals surface area contributed by atoms with Crippen LogP contribution < -0.4 is 5.32 Å². The number of nitrogens with one attached hydrogen (secondary N) is 1. The summed E-state index contributed by atoms with van der Waals surface area (Å²) in [6.45, 7) is 5.97. The minimum atomic E-state index is 0.0403. The van der Waals surface area contributed by atoms with Gasteiger partial charge >= 0.3 is 6.03 Å². The van der Waals surface area contributed by atoms with Gasteiger partial charge in [-0.05, 0) is 18.6 Å². The topological polar surface area (TPSA) is 55.9 Å². The highest BCUT2D eigenvalue weighted by Gasteiger charge is 2.23. The van der Waals surface area contributed by atoms with E-state index in [-0.39, 0.29) is 11.9 Å². The van der Waals surface area contributed by atoms with Crippen LogP contribution in [0, 0.1) is 0 Å². The van der Waals surface area contributed by atoms with Gasteiger partial charge in [-0.15, -0.1) is 11.3 Å². The van der Waals surface area contributed by atoms with Crippen LogP contribution in [0.25, 0.3) is 0 Å². The van der Waals surface area contributed by atoms with Gasteiger partial charge in [0.05, 0.1) is 13.1 Å². The van der Waals surface area contributed by atoms with Crippen molar-refractivity contribution in [3.8, 4) is 0 Å². The second-order valence-electron chi connectivity index (χ2n) is 5.94. The molecule has 1 aliphatic rings. The molecule has 1 aromatic rings. The van der Waals surface area contributed by atoms with Crippen molar-refractivity contribution in [2.45, 2.75) is 19.9 Å². The zero-order valence-electron chi connectivity index (χ0n) is 14.2. The van der Waals surface area contributed by atoms with Crippen LogP contribution in [-0.2, 0) is 17.8 Å². The number of carbonyl (C=O) groups is 2. The Kier molecular flexibility index (Phi) is 6.41. The first-order chi connectivity index (χ1) is 11.0. The molecule has 6 nitrogen and oxygen atoms in total. The summed E-state index contributed by atoms with van der Waals surface area (Å²) in [6, 6.07) is 4.24. The summed E-state index contributed by atoms with van der Waals surface area (Å²) in [5.74, 6) is 0.0452. The van der Waals surface area contributed by atoms with Crippen molar-refractivity contribution in [3.63, 3.8) is 0 Å². The number of urea groups is 1. The third kappa shape index (κ3) is 5.21. The van der Waals surface area contributed by atoms with Gasteiger partial charge in [-0.25, -0.2) is 4.79 Å². The standard InChI is InChI=1S/C16H26N4O2S/c1-4-13-5-6-14(23-13)11-17-15(21)12-19-7-9-20(10-8-19)16(22)18(2)3/h5-6H,4,7-12H2,1-3H3,(H,17,21). The van der Waals surface area contributed by atoms with Crippen molar-refractivity contribution in [2.75, 3.05) is 46.8 Å². The van der Waals surface area contributed by atoms with Crippen molar-refractivity contribution in [1.82, 2.24) is 20.0 Å². The smallest absolute Gasteiger partial charge is 0.319 e. The number of nitrogens with zero attached hydrogens (tertiary/aromatic N) is 3. The molecule has 0 aliphatic carbocycles. The maximum absolute atomic E-state index is 12.0. The Balaban J connectivity index is 1.69. The van der Waals surface area contributed by atoms with Gasteiger partial charge in [0.15, 0.2) is 0 Å². The molecule has 1 fully saturated rings. The summed E-state index contributed by atoms with van der Waals surface area (Å²) >= 11 is 1.75. The maximum atomic E-state index is 12.0. The Bertz CT molecular complexity index is 536. The van der Waals surface area contributed by atoms with Crippen LogP contribution in [0.15, 0.2) is 12.1 Å². The van der Waals surface area contributed by atoms with E-state index in [1.165, 1.54) is 9.75 Å². The molecule has 0 spiro atoms. The zero-order chi connectivity index (χ0) is 16.8. The van der Waals surface area contributed by atoms with E-state index in [9.17, 15) is 9.59 Å². The monoisotopic (exact) mass is 338 g/mol. The first-order valence-electron chi connectivity index (χ1n) is 8.02. The van der Waals surface area contributed by atoms with Crippen LogP contribution in [0.1, 0.15) is 16.7 Å². The van der Waals surface area contributed by atoms with E-state index in [0.717, 1.165) is 19.5 Å². The van der Waals surface area contributed by atoms with Gasteiger partial charge < -0.3 is 15.1 Å². The van der Waals surface area contributed by atoms with Gasteiger partial charge in [0.2, 0.25) is 5.91 Å². The highest BCUT2D eigenvalue weighted by atomic mass is 32.1. The number of piperazine rings is 1. The van der Waals surface area contributed by atoms with Crippen molar-refractivity contribution in [3.05, 3.63) is 21.9 Å². The van der Waals surface area contributed by atoms with Crippen LogP contribution in [-0.4, -0.2) is 73.5 Å². The van der Waals surface area contributed by atoms with Gasteiger partial charge in [0, 0.05) is 50.0 Å². The molecule has 23 heavy (non-hydrogen) atoms. The Labute approximate surface area is 142 Å². The molecule has 0 unspecified atom stereocenters. The van der Waals surface area contributed by atoms with E-state index < -0.39 is 0 Å². The molecule has 0 atom stereocenters. The van der Waals surface area contributed by atoms with Crippen molar-refractivity contribution in [2.24, 2.45) is 0 Å². The van der Waals surface area contributed by atoms with Gasteiger partial charge in [0.1, 0.15) is 0 Å². The number of hydrogen-bond acceptors (Lipinski definition) is 4. The molecule has 3 amide bonds. The minimum absolute atomic E-state index is 0.0403. The van der Waals surface area contributed by atoms with E-state index in [1.807, 2.05) is 4.90 Å². The van der Waals surface area contributed by atoms with E-state index in [4.69, 9.17) is 0 Å². The lowest BCUT2D eigenvalue weighted by Crippen LogP contribution is -2.53. The Morgan fingerprint density at radius 2 is 1.83 bits per heavy atom. The normalized spacial score (nSPS) is 15.5. The average molecular weight is 338 g/mol. The number of carbonyl (C=O) groups excluding carboxylic acids is 2. The average Bonchev–Trinajstić information content (AvgIpc) is 3.01. The number of hydrogen-bond donors (Lipinski definition) is 1. The molecular formula is C16H26N4O2S. The highest BCUT2D eigenvalue weighted by Crippen LogP contribution is 2.16. The summed E-state index contributed by atoms with van der Waals surface area (Å²) in [7, 11) is 3.52. The van der Waals surface area contributed by atoms with Crippen LogP contribution in [0.2, 0.25) is 0 Å². The molecule has 0 bridgehead atoms. The van der Waals surface area contributed by atoms with E-state index >= 15 is 0 Å². The summed E-state index contributed by atoms with van der Waals surface area (Å²) in [5.41, 5.74) is 0. The summed E-state index contributed by atoms with van der Waals surface area (Å²) in [5, 5.41) is 2.98. The largest absolute Gasteiger partial charge is 0.350 e. The molecule has 2 heterocycles. The van der Waals surface area contributed by atoms with E-state index in [1.54, 1.807) is 30.3 Å². The first-order valence-corrected chi connectivity index (χ1v) is 8.84. The molecule has 1 aliphatic heterocycles. The molecule has 2 rings (SSSR count). The third-order valence-electron chi connectivity index (χ3n) is 3.92. The van der Waals surface area contributed by atoms with Crippen LogP contribution in [0.3, 0.4) is 0 Å². The SMILES string of the molecule is CCc1ccc(CNC(=O)CN2CCN(C(=O)N(C)C)CC2)s1. The molecule has 1 N–H and O–H groups in total. The van der Waals surface area contributed by atoms with E-state index in [0.29, 0.717) is 26.2 Å². The van der Waals surface area contributed by atoms with Gasteiger partial charge in [-0.1, -0.05) is 6.92 Å². The quantitative estimate of drug-likeness (QED) is 0.878. The third-order valence-corrected chi connectivity index (χ3v) is 5.15. The molecule has 0 saturated carbocycles. The highest BCUT2D eigenvalue weighted by molar-refractivity contribution is 7.11. The number of rotatable bonds is 5. The number of aryl methyl sites for hydroxylation is 1. The predicted octanol–water partition coefficient (Wildman–Crippen LogP) is 1.23. The molecule has 0 radical (unpaired) electrons. The minimum Gasteiger partial charge on any atom is -0.350 e. The van der Waals surface area contributed by atoms with Crippen LogP contribution in [0.4, 0.5) is 4.79 Å². The van der Waals surface area contributed by atoms with E-state index in [2.05, 4.69) is 29.3 Å². The summed E-state index contributed by atoms with van der Waals surface area (Å²) in [4.78, 5) is 32.0. The lowest BCUT2D eigenvalue weighted by Gasteiger charge is -2.35. The summed E-state index contributed by atoms with van der Waals surface area (Å²) < 4.78 is 0. The summed E-state index contributed by atoms with van der Waals surface area (Å²) in [6.07, 6.45) is 1.04. The van der Waals surface area contributed by atoms with Gasteiger partial charge in [-0.2, -0.15) is 0 Å². The fraction of sp³-hybridized carbons (Fsp3) is 0.625. The molecule has 1 saturated heterocycles. The Morgan fingerprint density at radius 3 is 2.39 bits per heavy atom. The van der Waals surface area contributed by atoms with Gasteiger partial charge in [0.25, 0.3) is 0 Å². The fourth-order valence-electron chi connectivity index (χ4n) is 2.53. The molecule has 1 aromatic heterocycles. The number of thiophene rings is 1. The molecular weight excluding hydrogens is 312 g/mol. The molecule has 0 aromatic carbocycles. The lowest BCUT2D eigenvalue weighted by atomic mass is 10.3. The Morgan fingerprint density at radius 1 is 1.17 bits per heavy atom. The van der Waals surface area contributed by atoms with Crippen molar-refractivity contribution >= 4 is 23.3 Å². The number of amides is 3. The van der Waals surface area contributed by atoms with Crippen LogP contribution in [0.5, 0.6) is 0 Å². The predicted molar refractivity (Wildman–Crippen MR) is 92.6 cm³/mol. The second kappa shape index (κ2) is 8.31. The Hall–Kier alpha value is -1.60. The molecule has 128 valence electrons. The van der Waals surface area contributed by atoms with Crippen molar-refractivity contribution in [1.29, 1.82) is 0 Å². The maximum Gasteiger partial charge on any atom is 0.319 e. The zero-order valence-corrected chi connectivity index (χ0v) is 15.0. The lowest BCUT2D eigenvalue weighted by molar-refractivity contribution is -0.122. The van der Waals surface area contributed by atoms with Gasteiger partial charge in [-0.3, -0.25) is 9.69 Å².